The number of aryl methyl sites for hydroxylation is 1. The van der Waals surface area contributed by atoms with Gasteiger partial charge in [0, 0.05) is 11.6 Å². The SMILES string of the molecule is CNC(C)c1cc(F)c(C)cc1OCC1CC1. The van der Waals surface area contributed by atoms with Crippen molar-refractivity contribution in [1.82, 2.24) is 5.32 Å². The highest BCUT2D eigenvalue weighted by atomic mass is 19.1. The molecule has 1 saturated carbocycles. The first-order chi connectivity index (χ1) is 8.11. The first-order valence-corrected chi connectivity index (χ1v) is 6.22. The van der Waals surface area contributed by atoms with Crippen LogP contribution in [-0.4, -0.2) is 13.7 Å². The quantitative estimate of drug-likeness (QED) is 0.849. The Labute approximate surface area is 102 Å². The lowest BCUT2D eigenvalue weighted by molar-refractivity contribution is 0.293. The van der Waals surface area contributed by atoms with Crippen LogP contribution in [0.2, 0.25) is 0 Å². The van der Waals surface area contributed by atoms with Crippen molar-refractivity contribution in [2.75, 3.05) is 13.7 Å². The molecule has 1 aliphatic carbocycles. The molecule has 1 aliphatic rings. The van der Waals surface area contributed by atoms with Gasteiger partial charge in [-0.3, -0.25) is 0 Å². The summed E-state index contributed by atoms with van der Waals surface area (Å²) in [6.07, 6.45) is 2.52. The lowest BCUT2D eigenvalue weighted by Gasteiger charge is -2.17. The fourth-order valence-corrected chi connectivity index (χ4v) is 1.78. The minimum absolute atomic E-state index is 0.0966. The zero-order chi connectivity index (χ0) is 12.4. The number of hydrogen-bond donors (Lipinski definition) is 1. The zero-order valence-corrected chi connectivity index (χ0v) is 10.7. The Morgan fingerprint density at radius 1 is 1.47 bits per heavy atom. The van der Waals surface area contributed by atoms with Gasteiger partial charge in [0.25, 0.3) is 0 Å². The maximum Gasteiger partial charge on any atom is 0.126 e. The number of ether oxygens (including phenoxy) is 1. The van der Waals surface area contributed by atoms with Gasteiger partial charge in [-0.15, -0.1) is 0 Å². The van der Waals surface area contributed by atoms with Crippen molar-refractivity contribution >= 4 is 0 Å². The van der Waals surface area contributed by atoms with Crippen LogP contribution < -0.4 is 10.1 Å². The van der Waals surface area contributed by atoms with Crippen molar-refractivity contribution in [2.45, 2.75) is 32.7 Å². The highest BCUT2D eigenvalue weighted by molar-refractivity contribution is 5.40. The minimum Gasteiger partial charge on any atom is -0.493 e. The van der Waals surface area contributed by atoms with Crippen molar-refractivity contribution in [2.24, 2.45) is 5.92 Å². The summed E-state index contributed by atoms with van der Waals surface area (Å²) in [5, 5.41) is 3.12. The molecule has 0 heterocycles. The van der Waals surface area contributed by atoms with E-state index in [0.29, 0.717) is 11.5 Å². The Bertz CT molecular complexity index is 401. The topological polar surface area (TPSA) is 21.3 Å². The number of rotatable bonds is 5. The fourth-order valence-electron chi connectivity index (χ4n) is 1.78. The van der Waals surface area contributed by atoms with Gasteiger partial charge in [-0.05, 0) is 57.4 Å². The molecule has 0 amide bonds. The first-order valence-electron chi connectivity index (χ1n) is 6.22. The smallest absolute Gasteiger partial charge is 0.126 e. The van der Waals surface area contributed by atoms with Gasteiger partial charge < -0.3 is 10.1 Å². The van der Waals surface area contributed by atoms with Crippen LogP contribution in [0.4, 0.5) is 4.39 Å². The second-order valence-corrected chi connectivity index (χ2v) is 4.90. The average Bonchev–Trinajstić information content (AvgIpc) is 3.13. The highest BCUT2D eigenvalue weighted by Crippen LogP contribution is 2.32. The third-order valence-corrected chi connectivity index (χ3v) is 3.36. The number of halogens is 1. The molecule has 2 rings (SSSR count). The van der Waals surface area contributed by atoms with Crippen molar-refractivity contribution < 1.29 is 9.13 Å². The van der Waals surface area contributed by atoms with Gasteiger partial charge in [0.1, 0.15) is 11.6 Å². The van der Waals surface area contributed by atoms with Crippen molar-refractivity contribution in [3.05, 3.63) is 29.1 Å². The third-order valence-electron chi connectivity index (χ3n) is 3.36. The molecular formula is C14H20FNO. The van der Waals surface area contributed by atoms with E-state index in [0.717, 1.165) is 17.9 Å². The summed E-state index contributed by atoms with van der Waals surface area (Å²) in [5.41, 5.74) is 1.54. The number of nitrogens with one attached hydrogen (secondary N) is 1. The van der Waals surface area contributed by atoms with E-state index < -0.39 is 0 Å². The van der Waals surface area contributed by atoms with Gasteiger partial charge in [0.15, 0.2) is 0 Å². The summed E-state index contributed by atoms with van der Waals surface area (Å²) in [6, 6.07) is 3.49. The molecule has 1 aromatic rings. The van der Waals surface area contributed by atoms with Crippen LogP contribution in [0.15, 0.2) is 12.1 Å². The maximum atomic E-state index is 13.6. The summed E-state index contributed by atoms with van der Waals surface area (Å²) in [6.45, 7) is 4.54. The third kappa shape index (κ3) is 2.97. The second kappa shape index (κ2) is 5.05. The molecule has 0 aliphatic heterocycles. The molecule has 0 saturated heterocycles. The average molecular weight is 237 g/mol. The lowest BCUT2D eigenvalue weighted by Crippen LogP contribution is -2.15. The Morgan fingerprint density at radius 2 is 2.18 bits per heavy atom. The monoisotopic (exact) mass is 237 g/mol. The van der Waals surface area contributed by atoms with Crippen LogP contribution in [0.3, 0.4) is 0 Å². The van der Waals surface area contributed by atoms with Crippen molar-refractivity contribution in [1.29, 1.82) is 0 Å². The molecule has 1 atom stereocenters. The summed E-state index contributed by atoms with van der Waals surface area (Å²) in [5.74, 6) is 1.36. The van der Waals surface area contributed by atoms with E-state index in [4.69, 9.17) is 4.74 Å². The van der Waals surface area contributed by atoms with E-state index in [-0.39, 0.29) is 11.9 Å². The van der Waals surface area contributed by atoms with Crippen LogP contribution in [0.1, 0.15) is 36.9 Å². The standard InChI is InChI=1S/C14H20FNO/c1-9-6-14(17-8-11-4-5-11)12(7-13(9)15)10(2)16-3/h6-7,10-11,16H,4-5,8H2,1-3H3. The minimum atomic E-state index is -0.166. The molecular weight excluding hydrogens is 217 g/mol. The van der Waals surface area contributed by atoms with Gasteiger partial charge in [0.2, 0.25) is 0 Å². The Morgan fingerprint density at radius 3 is 2.76 bits per heavy atom. The summed E-state index contributed by atoms with van der Waals surface area (Å²) in [4.78, 5) is 0. The first kappa shape index (κ1) is 12.4. The van der Waals surface area contributed by atoms with Gasteiger partial charge in [0.05, 0.1) is 6.61 Å². The predicted octanol–water partition coefficient (Wildman–Crippen LogP) is 3.20. The van der Waals surface area contributed by atoms with Crippen LogP contribution in [0.25, 0.3) is 0 Å². The van der Waals surface area contributed by atoms with E-state index in [1.165, 1.54) is 12.8 Å². The van der Waals surface area contributed by atoms with E-state index in [1.54, 1.807) is 19.1 Å². The summed E-state index contributed by atoms with van der Waals surface area (Å²) < 4.78 is 19.4. The zero-order valence-electron chi connectivity index (χ0n) is 10.7. The molecule has 0 radical (unpaired) electrons. The Kier molecular flexibility index (Phi) is 3.67. The molecule has 0 aromatic heterocycles. The van der Waals surface area contributed by atoms with Crippen LogP contribution in [0, 0.1) is 18.7 Å². The van der Waals surface area contributed by atoms with Crippen LogP contribution in [0.5, 0.6) is 5.75 Å². The van der Waals surface area contributed by atoms with Crippen LogP contribution in [-0.2, 0) is 0 Å². The van der Waals surface area contributed by atoms with Gasteiger partial charge in [-0.25, -0.2) is 4.39 Å². The molecule has 94 valence electrons. The van der Waals surface area contributed by atoms with Gasteiger partial charge in [-0.2, -0.15) is 0 Å². The highest BCUT2D eigenvalue weighted by Gasteiger charge is 2.23. The fraction of sp³-hybridized carbons (Fsp3) is 0.571. The molecule has 17 heavy (non-hydrogen) atoms. The molecule has 1 fully saturated rings. The van der Waals surface area contributed by atoms with Crippen LogP contribution >= 0.6 is 0 Å². The van der Waals surface area contributed by atoms with Gasteiger partial charge in [-0.1, -0.05) is 0 Å². The van der Waals surface area contributed by atoms with Crippen molar-refractivity contribution in [3.63, 3.8) is 0 Å². The molecule has 0 spiro atoms. The maximum absolute atomic E-state index is 13.6. The summed E-state index contributed by atoms with van der Waals surface area (Å²) in [7, 11) is 1.87. The predicted molar refractivity (Wildman–Crippen MR) is 66.8 cm³/mol. The molecule has 2 nitrogen and oxygen atoms in total. The van der Waals surface area contributed by atoms with E-state index in [2.05, 4.69) is 5.32 Å². The number of hydrogen-bond acceptors (Lipinski definition) is 2. The molecule has 1 aromatic carbocycles. The molecule has 0 bridgehead atoms. The lowest BCUT2D eigenvalue weighted by atomic mass is 10.0. The number of benzene rings is 1. The largest absolute Gasteiger partial charge is 0.493 e. The molecule has 3 heteroatoms. The molecule has 1 N–H and O–H groups in total. The van der Waals surface area contributed by atoms with Crippen molar-refractivity contribution in [3.8, 4) is 5.75 Å². The van der Waals surface area contributed by atoms with Gasteiger partial charge >= 0.3 is 0 Å². The van der Waals surface area contributed by atoms with E-state index in [9.17, 15) is 4.39 Å². The van der Waals surface area contributed by atoms with E-state index in [1.807, 2.05) is 14.0 Å². The molecule has 1 unspecified atom stereocenters. The normalized spacial score (nSPS) is 16.9. The second-order valence-electron chi connectivity index (χ2n) is 4.90. The Hall–Kier alpha value is -1.09. The van der Waals surface area contributed by atoms with E-state index >= 15 is 0 Å². The summed E-state index contributed by atoms with van der Waals surface area (Å²) >= 11 is 0. The Balaban J connectivity index is 2.22.